The first-order valence-corrected chi connectivity index (χ1v) is 7.46. The first-order valence-electron chi connectivity index (χ1n) is 6.67. The maximum Gasteiger partial charge on any atom is 0.239 e. The molecule has 0 fully saturated rings. The van der Waals surface area contributed by atoms with Crippen LogP contribution in [-0.4, -0.2) is 22.6 Å². The molecule has 3 rings (SSSR count). The number of fused-ring (bicyclic) bond motifs is 1. The van der Waals surface area contributed by atoms with Crippen LogP contribution >= 0.6 is 15.9 Å². The van der Waals surface area contributed by atoms with Crippen molar-refractivity contribution in [1.82, 2.24) is 9.97 Å². The Bertz CT molecular complexity index is 689. The lowest BCUT2D eigenvalue weighted by molar-refractivity contribution is 0.135. The molecule has 1 N–H and O–H groups in total. The van der Waals surface area contributed by atoms with Crippen LogP contribution in [0.2, 0.25) is 0 Å². The molecule has 2 heterocycles. The zero-order valence-electron chi connectivity index (χ0n) is 12.1. The summed E-state index contributed by atoms with van der Waals surface area (Å²) in [5.41, 5.74) is 0.942. The van der Waals surface area contributed by atoms with Gasteiger partial charge in [-0.15, -0.1) is 0 Å². The lowest BCUT2D eigenvalue weighted by atomic mass is 10.0. The Labute approximate surface area is 131 Å². The highest BCUT2D eigenvalue weighted by Crippen LogP contribution is 2.44. The molecule has 21 heavy (non-hydrogen) atoms. The number of hydrogen-bond donors (Lipinski definition) is 1. The fourth-order valence-corrected chi connectivity index (χ4v) is 2.85. The van der Waals surface area contributed by atoms with Gasteiger partial charge in [0.25, 0.3) is 0 Å². The number of anilines is 1. The van der Waals surface area contributed by atoms with Gasteiger partial charge in [0.15, 0.2) is 11.5 Å². The summed E-state index contributed by atoms with van der Waals surface area (Å²) < 4.78 is 12.6. The Balaban J connectivity index is 1.96. The van der Waals surface area contributed by atoms with Gasteiger partial charge in [-0.25, -0.2) is 9.97 Å². The molecule has 0 saturated heterocycles. The summed E-state index contributed by atoms with van der Waals surface area (Å²) in [6.45, 7) is 4.13. The predicted molar refractivity (Wildman–Crippen MR) is 84.2 cm³/mol. The minimum Gasteiger partial charge on any atom is -0.483 e. The normalized spacial score (nSPS) is 15.2. The van der Waals surface area contributed by atoms with E-state index in [1.807, 2.05) is 12.1 Å². The van der Waals surface area contributed by atoms with Crippen molar-refractivity contribution in [2.24, 2.45) is 0 Å². The van der Waals surface area contributed by atoms with Crippen LogP contribution in [0.3, 0.4) is 0 Å². The second-order valence-electron chi connectivity index (χ2n) is 5.48. The highest BCUT2D eigenvalue weighted by atomic mass is 79.9. The van der Waals surface area contributed by atoms with Gasteiger partial charge in [0, 0.05) is 19.0 Å². The zero-order valence-corrected chi connectivity index (χ0v) is 13.7. The summed E-state index contributed by atoms with van der Waals surface area (Å²) in [4.78, 5) is 8.28. The van der Waals surface area contributed by atoms with Gasteiger partial charge in [-0.1, -0.05) is 12.1 Å². The third kappa shape index (κ3) is 2.68. The molecule has 0 radical (unpaired) electrons. The Hall–Kier alpha value is -1.82. The number of rotatable bonds is 3. The number of benzene rings is 1. The van der Waals surface area contributed by atoms with Gasteiger partial charge < -0.3 is 14.8 Å². The number of ether oxygens (including phenoxy) is 2. The summed E-state index contributed by atoms with van der Waals surface area (Å²) in [6, 6.07) is 5.91. The van der Waals surface area contributed by atoms with Crippen molar-refractivity contribution in [3.8, 4) is 17.4 Å². The van der Waals surface area contributed by atoms with Crippen LogP contribution in [0.4, 0.5) is 5.82 Å². The van der Waals surface area contributed by atoms with E-state index in [4.69, 9.17) is 9.47 Å². The highest BCUT2D eigenvalue weighted by Gasteiger charge is 2.32. The third-order valence-electron chi connectivity index (χ3n) is 3.26. The Kier molecular flexibility index (Phi) is 3.49. The third-order valence-corrected chi connectivity index (χ3v) is 3.97. The minimum atomic E-state index is -0.208. The zero-order chi connectivity index (χ0) is 15.0. The molecule has 1 aliphatic rings. The largest absolute Gasteiger partial charge is 0.483 e. The number of nitrogens with zero attached hydrogens (tertiary/aromatic N) is 2. The predicted octanol–water partition coefficient (Wildman–Crippen LogP) is 3.79. The van der Waals surface area contributed by atoms with E-state index in [0.717, 1.165) is 17.7 Å². The summed E-state index contributed by atoms with van der Waals surface area (Å²) in [5.74, 6) is 2.59. The SMILES string of the molecule is CNc1ncnc(Oc2cccc3c2OC(C)(C)C3)c1Br. The van der Waals surface area contributed by atoms with Gasteiger partial charge in [-0.05, 0) is 35.8 Å². The van der Waals surface area contributed by atoms with Gasteiger partial charge >= 0.3 is 0 Å². The van der Waals surface area contributed by atoms with Gasteiger partial charge in [0.2, 0.25) is 5.88 Å². The molecule has 110 valence electrons. The number of aromatic nitrogens is 2. The van der Waals surface area contributed by atoms with E-state index in [1.54, 1.807) is 7.05 Å². The lowest BCUT2D eigenvalue weighted by Crippen LogP contribution is -2.24. The maximum absolute atomic E-state index is 5.99. The molecular formula is C15H16BrN3O2. The molecule has 0 bridgehead atoms. The fraction of sp³-hybridized carbons (Fsp3) is 0.333. The summed E-state index contributed by atoms with van der Waals surface area (Å²) >= 11 is 3.45. The van der Waals surface area contributed by atoms with E-state index >= 15 is 0 Å². The Morgan fingerprint density at radius 1 is 1.33 bits per heavy atom. The monoisotopic (exact) mass is 349 g/mol. The van der Waals surface area contributed by atoms with Crippen LogP contribution < -0.4 is 14.8 Å². The quantitative estimate of drug-likeness (QED) is 0.913. The molecule has 1 aromatic heterocycles. The molecule has 0 aliphatic carbocycles. The Morgan fingerprint density at radius 3 is 2.90 bits per heavy atom. The molecule has 0 atom stereocenters. The number of hydrogen-bond acceptors (Lipinski definition) is 5. The molecule has 2 aromatic rings. The van der Waals surface area contributed by atoms with Crippen molar-refractivity contribution in [3.05, 3.63) is 34.6 Å². The standard InChI is InChI=1S/C15H16BrN3O2/c1-15(2)7-9-5-4-6-10(12(9)21-15)20-14-11(16)13(17-3)18-8-19-14/h4-6,8H,7H2,1-3H3,(H,17,18,19). The average molecular weight is 350 g/mol. The van der Waals surface area contributed by atoms with E-state index in [1.165, 1.54) is 6.33 Å². The molecule has 0 unspecified atom stereocenters. The van der Waals surface area contributed by atoms with Crippen LogP contribution in [-0.2, 0) is 6.42 Å². The van der Waals surface area contributed by atoms with Crippen molar-refractivity contribution in [2.45, 2.75) is 25.9 Å². The van der Waals surface area contributed by atoms with Crippen LogP contribution in [0.25, 0.3) is 0 Å². The minimum absolute atomic E-state index is 0.208. The molecule has 6 heteroatoms. The molecule has 0 spiro atoms. The summed E-state index contributed by atoms with van der Waals surface area (Å²) in [5, 5.41) is 2.98. The average Bonchev–Trinajstić information content (AvgIpc) is 2.76. The van der Waals surface area contributed by atoms with Crippen LogP contribution in [0.5, 0.6) is 17.4 Å². The van der Waals surface area contributed by atoms with Gasteiger partial charge in [0.1, 0.15) is 22.2 Å². The van der Waals surface area contributed by atoms with Crippen LogP contribution in [0, 0.1) is 0 Å². The van der Waals surface area contributed by atoms with Gasteiger partial charge in [-0.3, -0.25) is 0 Å². The molecule has 0 amide bonds. The first-order chi connectivity index (χ1) is 10.00. The number of para-hydroxylation sites is 1. The van der Waals surface area contributed by atoms with E-state index < -0.39 is 0 Å². The lowest BCUT2D eigenvalue weighted by Gasteiger charge is -2.18. The van der Waals surface area contributed by atoms with E-state index in [2.05, 4.69) is 51.1 Å². The van der Waals surface area contributed by atoms with Crippen molar-refractivity contribution in [1.29, 1.82) is 0 Å². The van der Waals surface area contributed by atoms with Crippen molar-refractivity contribution in [2.75, 3.05) is 12.4 Å². The first kappa shape index (κ1) is 14.1. The van der Waals surface area contributed by atoms with Gasteiger partial charge in [0.05, 0.1) is 0 Å². The summed E-state index contributed by atoms with van der Waals surface area (Å²) in [7, 11) is 1.79. The smallest absolute Gasteiger partial charge is 0.239 e. The van der Waals surface area contributed by atoms with E-state index in [0.29, 0.717) is 21.9 Å². The van der Waals surface area contributed by atoms with Crippen molar-refractivity contribution < 1.29 is 9.47 Å². The van der Waals surface area contributed by atoms with Crippen molar-refractivity contribution >= 4 is 21.7 Å². The second kappa shape index (κ2) is 5.18. The van der Waals surface area contributed by atoms with Gasteiger partial charge in [-0.2, -0.15) is 0 Å². The van der Waals surface area contributed by atoms with E-state index in [9.17, 15) is 0 Å². The fourth-order valence-electron chi connectivity index (χ4n) is 2.37. The van der Waals surface area contributed by atoms with E-state index in [-0.39, 0.29) is 5.60 Å². The molecule has 0 saturated carbocycles. The summed E-state index contributed by atoms with van der Waals surface area (Å²) in [6.07, 6.45) is 2.33. The van der Waals surface area contributed by atoms with Crippen LogP contribution in [0.1, 0.15) is 19.4 Å². The van der Waals surface area contributed by atoms with Crippen LogP contribution in [0.15, 0.2) is 29.0 Å². The topological polar surface area (TPSA) is 56.3 Å². The molecule has 1 aromatic carbocycles. The number of halogens is 1. The molecular weight excluding hydrogens is 334 g/mol. The number of nitrogens with one attached hydrogen (secondary N) is 1. The molecule has 1 aliphatic heterocycles. The highest BCUT2D eigenvalue weighted by molar-refractivity contribution is 9.10. The molecule has 5 nitrogen and oxygen atoms in total. The van der Waals surface area contributed by atoms with Crippen molar-refractivity contribution in [3.63, 3.8) is 0 Å². The second-order valence-corrected chi connectivity index (χ2v) is 6.27. The maximum atomic E-state index is 5.99. The Morgan fingerprint density at radius 2 is 2.14 bits per heavy atom.